The van der Waals surface area contributed by atoms with Crippen molar-refractivity contribution in [1.82, 2.24) is 5.32 Å². The van der Waals surface area contributed by atoms with Crippen molar-refractivity contribution in [1.29, 1.82) is 0 Å². The van der Waals surface area contributed by atoms with E-state index in [0.29, 0.717) is 6.61 Å². The fraction of sp³-hybridized carbons (Fsp3) is 0.615. The van der Waals surface area contributed by atoms with E-state index in [1.807, 2.05) is 26.0 Å². The van der Waals surface area contributed by atoms with E-state index < -0.39 is 0 Å². The zero-order chi connectivity index (χ0) is 12.7. The van der Waals surface area contributed by atoms with Crippen LogP contribution in [0.1, 0.15) is 33.0 Å². The van der Waals surface area contributed by atoms with Gasteiger partial charge in [0.15, 0.2) is 0 Å². The van der Waals surface area contributed by atoms with E-state index >= 15 is 0 Å². The Labute approximate surface area is 102 Å². The molecule has 0 fully saturated rings. The minimum absolute atomic E-state index is 0.197. The predicted molar refractivity (Wildman–Crippen MR) is 65.7 cm³/mol. The molecule has 0 bridgehead atoms. The van der Waals surface area contributed by atoms with Crippen molar-refractivity contribution in [3.63, 3.8) is 0 Å². The Bertz CT molecular complexity index is 321. The molecule has 0 aliphatic carbocycles. The van der Waals surface area contributed by atoms with E-state index in [4.69, 9.17) is 9.15 Å². The molecule has 1 aromatic rings. The number of hydrogen-bond donors (Lipinski definition) is 1. The smallest absolute Gasteiger partial charge is 0.322 e. The summed E-state index contributed by atoms with van der Waals surface area (Å²) in [7, 11) is 0. The minimum Gasteiger partial charge on any atom is -0.469 e. The molecule has 0 aliphatic rings. The molecular weight excluding hydrogens is 218 g/mol. The van der Waals surface area contributed by atoms with Gasteiger partial charge in [0, 0.05) is 12.5 Å². The lowest BCUT2D eigenvalue weighted by molar-refractivity contribution is -0.145. The van der Waals surface area contributed by atoms with E-state index in [0.717, 1.165) is 18.6 Å². The second-order valence-corrected chi connectivity index (χ2v) is 4.16. The summed E-state index contributed by atoms with van der Waals surface area (Å²) in [5, 5.41) is 3.21. The molecule has 1 heterocycles. The first kappa shape index (κ1) is 13.8. The summed E-state index contributed by atoms with van der Waals surface area (Å²) in [5.41, 5.74) is 0. The molecule has 4 heteroatoms. The number of carbonyl (C=O) groups excluding carboxylic acids is 1. The van der Waals surface area contributed by atoms with Gasteiger partial charge in [-0.3, -0.25) is 4.79 Å². The van der Waals surface area contributed by atoms with Crippen molar-refractivity contribution in [2.75, 3.05) is 6.61 Å². The molecule has 1 N–H and O–H groups in total. The number of rotatable bonds is 7. The van der Waals surface area contributed by atoms with Gasteiger partial charge in [-0.15, -0.1) is 0 Å². The molecule has 0 aromatic carbocycles. The molecule has 0 saturated heterocycles. The van der Waals surface area contributed by atoms with E-state index in [-0.39, 0.29) is 18.1 Å². The van der Waals surface area contributed by atoms with Crippen LogP contribution in [0.25, 0.3) is 0 Å². The van der Waals surface area contributed by atoms with Crippen molar-refractivity contribution in [3.8, 4) is 0 Å². The number of aryl methyl sites for hydroxylation is 1. The highest BCUT2D eigenvalue weighted by molar-refractivity contribution is 5.75. The number of hydrogen-bond acceptors (Lipinski definition) is 4. The summed E-state index contributed by atoms with van der Waals surface area (Å²) >= 11 is 0. The van der Waals surface area contributed by atoms with Gasteiger partial charge in [-0.05, 0) is 39.3 Å². The summed E-state index contributed by atoms with van der Waals surface area (Å²) in [4.78, 5) is 11.4. The Morgan fingerprint density at radius 3 is 2.88 bits per heavy atom. The molecule has 1 rings (SSSR count). The van der Waals surface area contributed by atoms with Gasteiger partial charge in [-0.25, -0.2) is 0 Å². The lowest BCUT2D eigenvalue weighted by Gasteiger charge is -2.18. The SMILES string of the molecule is CCOC(=O)C(C)NC(C)CCc1ccco1. The third kappa shape index (κ3) is 5.04. The maximum absolute atomic E-state index is 11.4. The second kappa shape index (κ2) is 7.12. The van der Waals surface area contributed by atoms with Crippen molar-refractivity contribution in [2.45, 2.75) is 45.7 Å². The van der Waals surface area contributed by atoms with Crippen molar-refractivity contribution in [3.05, 3.63) is 24.2 Å². The molecule has 0 radical (unpaired) electrons. The van der Waals surface area contributed by atoms with Gasteiger partial charge in [0.1, 0.15) is 11.8 Å². The lowest BCUT2D eigenvalue weighted by Crippen LogP contribution is -2.41. The Hall–Kier alpha value is -1.29. The topological polar surface area (TPSA) is 51.5 Å². The van der Waals surface area contributed by atoms with E-state index in [2.05, 4.69) is 12.2 Å². The molecule has 0 aliphatic heterocycles. The highest BCUT2D eigenvalue weighted by atomic mass is 16.5. The summed E-state index contributed by atoms with van der Waals surface area (Å²) in [6.45, 7) is 6.11. The largest absolute Gasteiger partial charge is 0.469 e. The molecule has 0 saturated carbocycles. The van der Waals surface area contributed by atoms with Crippen molar-refractivity contribution in [2.24, 2.45) is 0 Å². The Balaban J connectivity index is 2.24. The Morgan fingerprint density at radius 1 is 1.53 bits per heavy atom. The van der Waals surface area contributed by atoms with Gasteiger partial charge >= 0.3 is 5.97 Å². The van der Waals surface area contributed by atoms with E-state index in [9.17, 15) is 4.79 Å². The molecule has 4 nitrogen and oxygen atoms in total. The van der Waals surface area contributed by atoms with Crippen LogP contribution in [0.4, 0.5) is 0 Å². The van der Waals surface area contributed by atoms with Crippen LogP contribution in [0.2, 0.25) is 0 Å². The predicted octanol–water partition coefficient (Wildman–Crippen LogP) is 2.14. The number of nitrogens with one attached hydrogen (secondary N) is 1. The van der Waals surface area contributed by atoms with E-state index in [1.54, 1.807) is 6.26 Å². The summed E-state index contributed by atoms with van der Waals surface area (Å²) in [6, 6.07) is 3.83. The molecule has 1 aromatic heterocycles. The maximum atomic E-state index is 11.4. The lowest BCUT2D eigenvalue weighted by atomic mass is 10.1. The van der Waals surface area contributed by atoms with Gasteiger partial charge in [-0.2, -0.15) is 0 Å². The Kier molecular flexibility index (Phi) is 5.77. The van der Waals surface area contributed by atoms with Crippen molar-refractivity contribution >= 4 is 5.97 Å². The van der Waals surface area contributed by atoms with Crippen LogP contribution in [0.5, 0.6) is 0 Å². The summed E-state index contributed by atoms with van der Waals surface area (Å²) in [5.74, 6) is 0.778. The average molecular weight is 239 g/mol. The number of furan rings is 1. The third-order valence-electron chi connectivity index (χ3n) is 2.58. The first-order valence-electron chi connectivity index (χ1n) is 6.08. The highest BCUT2D eigenvalue weighted by Gasteiger charge is 2.16. The molecule has 0 amide bonds. The number of esters is 1. The molecule has 96 valence electrons. The van der Waals surface area contributed by atoms with Crippen molar-refractivity contribution < 1.29 is 13.9 Å². The van der Waals surface area contributed by atoms with E-state index in [1.165, 1.54) is 0 Å². The zero-order valence-electron chi connectivity index (χ0n) is 10.7. The molecule has 0 spiro atoms. The van der Waals surface area contributed by atoms with Crippen LogP contribution in [0.15, 0.2) is 22.8 Å². The standard InChI is InChI=1S/C13H21NO3/c1-4-16-13(15)11(3)14-10(2)7-8-12-6-5-9-17-12/h5-6,9-11,14H,4,7-8H2,1-3H3. The highest BCUT2D eigenvalue weighted by Crippen LogP contribution is 2.06. The average Bonchev–Trinajstić information content (AvgIpc) is 2.79. The van der Waals surface area contributed by atoms with Gasteiger partial charge in [0.2, 0.25) is 0 Å². The minimum atomic E-state index is -0.262. The monoisotopic (exact) mass is 239 g/mol. The quantitative estimate of drug-likeness (QED) is 0.741. The zero-order valence-corrected chi connectivity index (χ0v) is 10.7. The van der Waals surface area contributed by atoms with Crippen LogP contribution < -0.4 is 5.32 Å². The maximum Gasteiger partial charge on any atom is 0.322 e. The van der Waals surface area contributed by atoms with Crippen LogP contribution in [0, 0.1) is 0 Å². The molecule has 2 atom stereocenters. The van der Waals surface area contributed by atoms with Crippen LogP contribution in [0.3, 0.4) is 0 Å². The normalized spacial score (nSPS) is 14.3. The fourth-order valence-corrected chi connectivity index (χ4v) is 1.66. The van der Waals surface area contributed by atoms with Crippen LogP contribution in [-0.2, 0) is 16.0 Å². The van der Waals surface area contributed by atoms with Crippen LogP contribution >= 0.6 is 0 Å². The fourth-order valence-electron chi connectivity index (χ4n) is 1.66. The number of carbonyl (C=O) groups is 1. The summed E-state index contributed by atoms with van der Waals surface area (Å²) in [6.07, 6.45) is 3.47. The first-order chi connectivity index (χ1) is 8.13. The Morgan fingerprint density at radius 2 is 2.29 bits per heavy atom. The van der Waals surface area contributed by atoms with Gasteiger partial charge in [-0.1, -0.05) is 0 Å². The molecule has 17 heavy (non-hydrogen) atoms. The molecule has 2 unspecified atom stereocenters. The van der Waals surface area contributed by atoms with Gasteiger partial charge in [0.05, 0.1) is 12.9 Å². The third-order valence-corrected chi connectivity index (χ3v) is 2.58. The van der Waals surface area contributed by atoms with Crippen LogP contribution in [-0.4, -0.2) is 24.7 Å². The first-order valence-corrected chi connectivity index (χ1v) is 6.08. The second-order valence-electron chi connectivity index (χ2n) is 4.16. The van der Waals surface area contributed by atoms with Gasteiger partial charge in [0.25, 0.3) is 0 Å². The summed E-state index contributed by atoms with van der Waals surface area (Å²) < 4.78 is 10.2. The number of ether oxygens (including phenoxy) is 1. The van der Waals surface area contributed by atoms with Gasteiger partial charge < -0.3 is 14.5 Å². The molecular formula is C13H21NO3.